The Bertz CT molecular complexity index is 944. The van der Waals surface area contributed by atoms with E-state index in [1.807, 2.05) is 24.3 Å². The van der Waals surface area contributed by atoms with Gasteiger partial charge in [0.15, 0.2) is 0 Å². The zero-order chi connectivity index (χ0) is 19.2. The van der Waals surface area contributed by atoms with Crippen LogP contribution in [0.4, 0.5) is 0 Å². The molecule has 5 nitrogen and oxygen atoms in total. The molecule has 0 spiro atoms. The van der Waals surface area contributed by atoms with Crippen molar-refractivity contribution in [3.8, 4) is 11.6 Å². The van der Waals surface area contributed by atoms with Gasteiger partial charge in [-0.1, -0.05) is 50.2 Å². The second kappa shape index (κ2) is 10.1. The number of rotatable bonds is 8. The van der Waals surface area contributed by atoms with Crippen LogP contribution in [0.25, 0.3) is 10.8 Å². The zero-order valence-electron chi connectivity index (χ0n) is 16.1. The van der Waals surface area contributed by atoms with E-state index in [-0.39, 0.29) is 18.1 Å². The molecule has 1 aromatic heterocycles. The van der Waals surface area contributed by atoms with Gasteiger partial charge < -0.3 is 15.8 Å². The van der Waals surface area contributed by atoms with Crippen LogP contribution in [0.2, 0.25) is 0 Å². The number of benzene rings is 2. The van der Waals surface area contributed by atoms with Crippen LogP contribution in [0.5, 0.6) is 11.6 Å². The molecular weight excluding hydrogens is 374 g/mol. The van der Waals surface area contributed by atoms with Crippen molar-refractivity contribution in [2.45, 2.75) is 26.8 Å². The molecule has 3 aromatic rings. The summed E-state index contributed by atoms with van der Waals surface area (Å²) >= 11 is 0. The van der Waals surface area contributed by atoms with Crippen molar-refractivity contribution >= 4 is 29.1 Å². The van der Waals surface area contributed by atoms with E-state index in [1.165, 1.54) is 5.56 Å². The molecule has 0 fully saturated rings. The predicted octanol–water partition coefficient (Wildman–Crippen LogP) is 4.68. The molecule has 0 aliphatic rings. The molecule has 1 amide bonds. The molecule has 0 bridgehead atoms. The van der Waals surface area contributed by atoms with Gasteiger partial charge in [-0.15, -0.1) is 12.4 Å². The first-order chi connectivity index (χ1) is 13.0. The molecule has 3 N–H and O–H groups in total. The van der Waals surface area contributed by atoms with Crippen molar-refractivity contribution in [2.75, 3.05) is 6.54 Å². The number of nitrogens with two attached hydrogens (primary N) is 1. The Morgan fingerprint density at radius 3 is 2.54 bits per heavy atom. The molecule has 0 aliphatic heterocycles. The standard InChI is InChI=1S/C22H25N3O2.ClH/c1-15(2)12-13-24-14-16-10-11-20(18-7-4-3-6-17(16)18)27-21-9-5-8-19(25-21)22(23)26;/h3-11,15,24H,12-14H2,1-2H3,(H2,23,26);1H. The fourth-order valence-electron chi connectivity index (χ4n) is 2.91. The van der Waals surface area contributed by atoms with Crippen LogP contribution in [-0.4, -0.2) is 17.4 Å². The highest BCUT2D eigenvalue weighted by Gasteiger charge is 2.10. The first-order valence-electron chi connectivity index (χ1n) is 9.20. The fraction of sp³-hybridized carbons (Fsp3) is 0.273. The van der Waals surface area contributed by atoms with Gasteiger partial charge in [-0.05, 0) is 42.0 Å². The third kappa shape index (κ3) is 5.44. The minimum Gasteiger partial charge on any atom is -0.438 e. The Morgan fingerprint density at radius 1 is 1.07 bits per heavy atom. The zero-order valence-corrected chi connectivity index (χ0v) is 17.0. The van der Waals surface area contributed by atoms with Crippen LogP contribution < -0.4 is 15.8 Å². The summed E-state index contributed by atoms with van der Waals surface area (Å²) in [5, 5.41) is 5.65. The van der Waals surface area contributed by atoms with Crippen LogP contribution in [0, 0.1) is 5.92 Å². The number of nitrogens with zero attached hydrogens (tertiary/aromatic N) is 1. The minimum absolute atomic E-state index is 0. The van der Waals surface area contributed by atoms with Crippen molar-refractivity contribution < 1.29 is 9.53 Å². The fourth-order valence-corrected chi connectivity index (χ4v) is 2.91. The van der Waals surface area contributed by atoms with Gasteiger partial charge in [-0.25, -0.2) is 4.98 Å². The first-order valence-corrected chi connectivity index (χ1v) is 9.20. The van der Waals surface area contributed by atoms with Gasteiger partial charge in [0.1, 0.15) is 11.4 Å². The Morgan fingerprint density at radius 2 is 1.82 bits per heavy atom. The van der Waals surface area contributed by atoms with Gasteiger partial charge in [0.05, 0.1) is 0 Å². The molecule has 0 atom stereocenters. The lowest BCUT2D eigenvalue weighted by Crippen LogP contribution is -2.16. The summed E-state index contributed by atoms with van der Waals surface area (Å²) < 4.78 is 5.96. The van der Waals surface area contributed by atoms with E-state index in [0.717, 1.165) is 30.3 Å². The largest absolute Gasteiger partial charge is 0.438 e. The van der Waals surface area contributed by atoms with Gasteiger partial charge >= 0.3 is 0 Å². The molecule has 0 saturated heterocycles. The van der Waals surface area contributed by atoms with E-state index in [2.05, 4.69) is 36.3 Å². The molecule has 3 rings (SSSR count). The lowest BCUT2D eigenvalue weighted by atomic mass is 10.0. The number of halogens is 1. The number of carbonyl (C=O) groups is 1. The summed E-state index contributed by atoms with van der Waals surface area (Å²) in [6.45, 7) is 6.26. The van der Waals surface area contributed by atoms with E-state index < -0.39 is 5.91 Å². The summed E-state index contributed by atoms with van der Waals surface area (Å²) in [4.78, 5) is 15.5. The molecule has 6 heteroatoms. The van der Waals surface area contributed by atoms with Crippen molar-refractivity contribution in [3.05, 3.63) is 65.9 Å². The van der Waals surface area contributed by atoms with Gasteiger partial charge in [0.25, 0.3) is 5.91 Å². The average Bonchev–Trinajstić information content (AvgIpc) is 2.66. The molecule has 0 unspecified atom stereocenters. The van der Waals surface area contributed by atoms with E-state index in [0.29, 0.717) is 17.5 Å². The number of aromatic nitrogens is 1. The maximum Gasteiger partial charge on any atom is 0.267 e. The minimum atomic E-state index is -0.576. The molecule has 28 heavy (non-hydrogen) atoms. The summed E-state index contributed by atoms with van der Waals surface area (Å²) in [5.74, 6) is 1.16. The second-order valence-electron chi connectivity index (χ2n) is 6.96. The maximum absolute atomic E-state index is 11.3. The van der Waals surface area contributed by atoms with Crippen LogP contribution >= 0.6 is 12.4 Å². The summed E-state index contributed by atoms with van der Waals surface area (Å²) in [5.41, 5.74) is 6.70. The van der Waals surface area contributed by atoms with Crippen molar-refractivity contribution in [3.63, 3.8) is 0 Å². The Labute approximate surface area is 171 Å². The normalized spacial score (nSPS) is 10.7. The van der Waals surface area contributed by atoms with Crippen LogP contribution in [0.15, 0.2) is 54.6 Å². The summed E-state index contributed by atoms with van der Waals surface area (Å²) in [7, 11) is 0. The number of hydrogen-bond acceptors (Lipinski definition) is 4. The van der Waals surface area contributed by atoms with E-state index >= 15 is 0 Å². The second-order valence-corrected chi connectivity index (χ2v) is 6.96. The lowest BCUT2D eigenvalue weighted by molar-refractivity contribution is 0.0995. The summed E-state index contributed by atoms with van der Waals surface area (Å²) in [6.07, 6.45) is 1.15. The van der Waals surface area contributed by atoms with Crippen LogP contribution in [-0.2, 0) is 6.54 Å². The van der Waals surface area contributed by atoms with Crippen LogP contribution in [0.1, 0.15) is 36.3 Å². The quantitative estimate of drug-likeness (QED) is 0.539. The number of amides is 1. The smallest absolute Gasteiger partial charge is 0.267 e. The van der Waals surface area contributed by atoms with Crippen molar-refractivity contribution in [1.82, 2.24) is 10.3 Å². The van der Waals surface area contributed by atoms with E-state index in [1.54, 1.807) is 18.2 Å². The molecule has 148 valence electrons. The van der Waals surface area contributed by atoms with Gasteiger partial charge in [0, 0.05) is 18.0 Å². The lowest BCUT2D eigenvalue weighted by Gasteiger charge is -2.13. The molecule has 0 saturated carbocycles. The third-order valence-corrected chi connectivity index (χ3v) is 4.38. The Hall–Kier alpha value is -2.63. The van der Waals surface area contributed by atoms with Gasteiger partial charge in [0.2, 0.25) is 5.88 Å². The molecule has 1 heterocycles. The SMILES string of the molecule is CC(C)CCNCc1ccc(Oc2cccc(C(N)=O)n2)c2ccccc12.Cl. The van der Waals surface area contributed by atoms with Crippen LogP contribution in [0.3, 0.4) is 0 Å². The number of carbonyl (C=O) groups excluding carboxylic acids is 1. The highest BCUT2D eigenvalue weighted by Crippen LogP contribution is 2.31. The monoisotopic (exact) mass is 399 g/mol. The van der Waals surface area contributed by atoms with E-state index in [4.69, 9.17) is 10.5 Å². The average molecular weight is 400 g/mol. The topological polar surface area (TPSA) is 77.2 Å². The highest BCUT2D eigenvalue weighted by molar-refractivity contribution is 5.92. The maximum atomic E-state index is 11.3. The van der Waals surface area contributed by atoms with Crippen molar-refractivity contribution in [2.24, 2.45) is 11.7 Å². The molecular formula is C22H26ClN3O2. The van der Waals surface area contributed by atoms with E-state index in [9.17, 15) is 4.79 Å². The number of ether oxygens (including phenoxy) is 1. The summed E-state index contributed by atoms with van der Waals surface area (Å²) in [6, 6.07) is 17.1. The number of pyridine rings is 1. The predicted molar refractivity (Wildman–Crippen MR) is 115 cm³/mol. The van der Waals surface area contributed by atoms with Gasteiger partial charge in [-0.2, -0.15) is 0 Å². The molecule has 0 radical (unpaired) electrons. The highest BCUT2D eigenvalue weighted by atomic mass is 35.5. The Kier molecular flexibility index (Phi) is 7.79. The number of hydrogen-bond donors (Lipinski definition) is 2. The number of fused-ring (bicyclic) bond motifs is 1. The Balaban J connectivity index is 0.00000280. The number of primary amides is 1. The first kappa shape index (κ1) is 21.7. The molecule has 2 aromatic carbocycles. The van der Waals surface area contributed by atoms with Crippen molar-refractivity contribution in [1.29, 1.82) is 0 Å². The third-order valence-electron chi connectivity index (χ3n) is 4.38. The van der Waals surface area contributed by atoms with Gasteiger partial charge in [-0.3, -0.25) is 4.79 Å². The number of nitrogens with one attached hydrogen (secondary N) is 1. The molecule has 0 aliphatic carbocycles.